The van der Waals surface area contributed by atoms with E-state index < -0.39 is 0 Å². The fourth-order valence-electron chi connectivity index (χ4n) is 2.24. The Labute approximate surface area is 179 Å². The van der Waals surface area contributed by atoms with E-state index in [-0.39, 0.29) is 36.4 Å². The number of hydrogen-bond acceptors (Lipinski definition) is 4. The van der Waals surface area contributed by atoms with E-state index in [0.29, 0.717) is 32.3 Å². The van der Waals surface area contributed by atoms with Crippen LogP contribution >= 0.6 is 24.0 Å². The third-order valence-corrected chi connectivity index (χ3v) is 3.52. The monoisotopic (exact) mass is 492 g/mol. The van der Waals surface area contributed by atoms with Crippen LogP contribution in [0.1, 0.15) is 31.4 Å². The molecule has 0 aromatic heterocycles. The van der Waals surface area contributed by atoms with Crippen LogP contribution in [-0.4, -0.2) is 51.8 Å². The van der Waals surface area contributed by atoms with E-state index >= 15 is 0 Å². The number of halogens is 1. The molecule has 1 amide bonds. The number of amides is 1. The Morgan fingerprint density at radius 1 is 1.11 bits per heavy atom. The summed E-state index contributed by atoms with van der Waals surface area (Å²) < 4.78 is 10.9. The highest BCUT2D eigenvalue weighted by molar-refractivity contribution is 14.0. The van der Waals surface area contributed by atoms with Gasteiger partial charge >= 0.3 is 0 Å². The molecule has 7 nitrogen and oxygen atoms in total. The van der Waals surface area contributed by atoms with Crippen LogP contribution in [0.25, 0.3) is 0 Å². The van der Waals surface area contributed by atoms with E-state index in [4.69, 9.17) is 9.47 Å². The molecule has 0 aliphatic rings. The van der Waals surface area contributed by atoms with Gasteiger partial charge in [0.05, 0.1) is 19.7 Å². The van der Waals surface area contributed by atoms with Crippen molar-refractivity contribution in [3.8, 4) is 5.75 Å². The van der Waals surface area contributed by atoms with Crippen molar-refractivity contribution in [1.82, 2.24) is 16.0 Å². The van der Waals surface area contributed by atoms with Crippen LogP contribution in [0, 0.1) is 6.92 Å². The van der Waals surface area contributed by atoms with Crippen molar-refractivity contribution in [3.05, 3.63) is 29.3 Å². The molecule has 0 unspecified atom stereocenters. The largest absolute Gasteiger partial charge is 0.493 e. The maximum Gasteiger partial charge on any atom is 0.239 e. The van der Waals surface area contributed by atoms with Crippen LogP contribution in [0.3, 0.4) is 0 Å². The van der Waals surface area contributed by atoms with Crippen molar-refractivity contribution in [2.24, 2.45) is 4.99 Å². The lowest BCUT2D eigenvalue weighted by atomic mass is 10.1. The fourth-order valence-corrected chi connectivity index (χ4v) is 2.24. The van der Waals surface area contributed by atoms with Gasteiger partial charge in [0, 0.05) is 38.8 Å². The molecule has 8 heteroatoms. The zero-order chi connectivity index (χ0) is 19.2. The number of likely N-dealkylation sites (N-methyl/N-ethyl adjacent to an activating group) is 1. The quantitative estimate of drug-likeness (QED) is 0.191. The molecule has 1 aromatic rings. The number of ether oxygens (including phenoxy) is 2. The Morgan fingerprint density at radius 2 is 1.85 bits per heavy atom. The zero-order valence-electron chi connectivity index (χ0n) is 16.8. The van der Waals surface area contributed by atoms with Gasteiger partial charge in [0.2, 0.25) is 5.91 Å². The Kier molecular flexibility index (Phi) is 14.6. The minimum atomic E-state index is -0.0596. The third-order valence-electron chi connectivity index (χ3n) is 3.52. The minimum Gasteiger partial charge on any atom is -0.493 e. The number of carbonyl (C=O) groups excluding carboxylic acids is 1. The molecule has 0 radical (unpaired) electrons. The van der Waals surface area contributed by atoms with Crippen LogP contribution in [0.2, 0.25) is 0 Å². The van der Waals surface area contributed by atoms with E-state index in [1.54, 1.807) is 7.11 Å². The van der Waals surface area contributed by atoms with Crippen molar-refractivity contribution in [2.75, 3.05) is 40.0 Å². The fraction of sp³-hybridized carbons (Fsp3) is 0.579. The van der Waals surface area contributed by atoms with Gasteiger partial charge in [-0.1, -0.05) is 12.1 Å². The number of aryl methyl sites for hydroxylation is 1. The highest BCUT2D eigenvalue weighted by Gasteiger charge is 2.06. The summed E-state index contributed by atoms with van der Waals surface area (Å²) in [6.07, 6.45) is 0.837. The molecule has 1 aromatic carbocycles. The Morgan fingerprint density at radius 3 is 2.52 bits per heavy atom. The summed E-state index contributed by atoms with van der Waals surface area (Å²) in [5.74, 6) is 1.38. The average molecular weight is 492 g/mol. The molecular weight excluding hydrogens is 459 g/mol. The summed E-state index contributed by atoms with van der Waals surface area (Å²) >= 11 is 0. The summed E-state index contributed by atoms with van der Waals surface area (Å²) in [7, 11) is 1.68. The summed E-state index contributed by atoms with van der Waals surface area (Å²) in [4.78, 5) is 16.2. The van der Waals surface area contributed by atoms with Crippen LogP contribution in [-0.2, 0) is 16.1 Å². The molecule has 0 saturated heterocycles. The van der Waals surface area contributed by atoms with Gasteiger partial charge in [-0.15, -0.1) is 24.0 Å². The number of rotatable bonds is 11. The van der Waals surface area contributed by atoms with Crippen molar-refractivity contribution in [1.29, 1.82) is 0 Å². The van der Waals surface area contributed by atoms with Gasteiger partial charge in [-0.2, -0.15) is 0 Å². The van der Waals surface area contributed by atoms with E-state index in [1.165, 1.54) is 0 Å². The van der Waals surface area contributed by atoms with Gasteiger partial charge in [0.1, 0.15) is 5.75 Å². The number of nitrogens with zero attached hydrogens (tertiary/aromatic N) is 1. The normalized spacial score (nSPS) is 10.7. The molecule has 0 heterocycles. The molecule has 154 valence electrons. The lowest BCUT2D eigenvalue weighted by molar-refractivity contribution is -0.119. The summed E-state index contributed by atoms with van der Waals surface area (Å²) in [6, 6.07) is 6.09. The molecule has 0 aliphatic carbocycles. The lowest BCUT2D eigenvalue weighted by Crippen LogP contribution is -2.43. The lowest BCUT2D eigenvalue weighted by Gasteiger charge is -2.13. The highest BCUT2D eigenvalue weighted by Crippen LogP contribution is 2.21. The first-order valence-electron chi connectivity index (χ1n) is 9.10. The molecule has 0 saturated carbocycles. The molecule has 1 rings (SSSR count). The van der Waals surface area contributed by atoms with Crippen LogP contribution in [0.15, 0.2) is 23.2 Å². The van der Waals surface area contributed by atoms with E-state index in [1.807, 2.05) is 39.0 Å². The topological polar surface area (TPSA) is 84.0 Å². The molecule has 0 spiro atoms. The maximum atomic E-state index is 11.6. The van der Waals surface area contributed by atoms with Crippen molar-refractivity contribution in [2.45, 2.75) is 33.7 Å². The molecule has 0 bridgehead atoms. The predicted octanol–water partition coefficient (Wildman–Crippen LogP) is 2.22. The van der Waals surface area contributed by atoms with Gasteiger partial charge in [-0.05, 0) is 32.4 Å². The predicted molar refractivity (Wildman–Crippen MR) is 120 cm³/mol. The minimum absolute atomic E-state index is 0. The van der Waals surface area contributed by atoms with Gasteiger partial charge < -0.3 is 25.4 Å². The zero-order valence-corrected chi connectivity index (χ0v) is 19.1. The smallest absolute Gasteiger partial charge is 0.239 e. The summed E-state index contributed by atoms with van der Waals surface area (Å²) in [6.45, 7) is 9.17. The van der Waals surface area contributed by atoms with Crippen molar-refractivity contribution < 1.29 is 14.3 Å². The van der Waals surface area contributed by atoms with Gasteiger partial charge in [0.15, 0.2) is 5.96 Å². The second kappa shape index (κ2) is 15.5. The number of benzene rings is 1. The maximum absolute atomic E-state index is 11.6. The second-order valence-electron chi connectivity index (χ2n) is 5.81. The number of aliphatic imine (C=N–C) groups is 1. The van der Waals surface area contributed by atoms with Crippen molar-refractivity contribution in [3.63, 3.8) is 0 Å². The van der Waals surface area contributed by atoms with Gasteiger partial charge in [-0.25, -0.2) is 4.99 Å². The molecular formula is C19H33IN4O3. The number of guanidine groups is 1. The first-order chi connectivity index (χ1) is 12.6. The van der Waals surface area contributed by atoms with E-state index in [9.17, 15) is 4.79 Å². The molecule has 0 atom stereocenters. The first kappa shape index (κ1) is 25.4. The number of carbonyl (C=O) groups is 1. The summed E-state index contributed by atoms with van der Waals surface area (Å²) in [5, 5.41) is 8.93. The van der Waals surface area contributed by atoms with Crippen LogP contribution in [0.4, 0.5) is 0 Å². The van der Waals surface area contributed by atoms with Gasteiger partial charge in [-0.3, -0.25) is 4.79 Å². The van der Waals surface area contributed by atoms with E-state index in [2.05, 4.69) is 20.9 Å². The SMILES string of the molecule is CCNC(=O)CNC(=NCc1ccc(C)cc1OCCCOC)NCC.I. The van der Waals surface area contributed by atoms with Crippen molar-refractivity contribution >= 4 is 35.8 Å². The molecule has 0 aliphatic heterocycles. The number of nitrogens with one attached hydrogen (secondary N) is 3. The molecule has 27 heavy (non-hydrogen) atoms. The van der Waals surface area contributed by atoms with Crippen LogP contribution < -0.4 is 20.7 Å². The standard InChI is InChI=1S/C19H32N4O3.HI/c1-5-20-18(24)14-23-19(21-6-2)22-13-16-9-8-15(3)12-17(16)26-11-7-10-25-4;/h8-9,12H,5-7,10-11,13-14H2,1-4H3,(H,20,24)(H2,21,22,23);1H. The average Bonchev–Trinajstić information content (AvgIpc) is 2.62. The second-order valence-corrected chi connectivity index (χ2v) is 5.81. The number of methoxy groups -OCH3 is 1. The number of hydrogen-bond donors (Lipinski definition) is 3. The van der Waals surface area contributed by atoms with E-state index in [0.717, 1.165) is 29.8 Å². The Bertz CT molecular complexity index is 582. The Balaban J connectivity index is 0.00000676. The van der Waals surface area contributed by atoms with Gasteiger partial charge in [0.25, 0.3) is 0 Å². The third kappa shape index (κ3) is 11.0. The summed E-state index contributed by atoms with van der Waals surface area (Å²) in [5.41, 5.74) is 2.14. The van der Waals surface area contributed by atoms with Crippen LogP contribution in [0.5, 0.6) is 5.75 Å². The molecule has 0 fully saturated rings. The Hall–Kier alpha value is -1.55. The highest BCUT2D eigenvalue weighted by atomic mass is 127. The molecule has 3 N–H and O–H groups in total. The first-order valence-corrected chi connectivity index (χ1v) is 9.10.